The zero-order valence-corrected chi connectivity index (χ0v) is 14.8. The fourth-order valence-electron chi connectivity index (χ4n) is 3.76. The van der Waals surface area contributed by atoms with Gasteiger partial charge < -0.3 is 10.3 Å². The lowest BCUT2D eigenvalue weighted by atomic mass is 10.1. The molecule has 3 aromatic rings. The molecule has 0 unspecified atom stereocenters. The number of nitrogens with zero attached hydrogens (tertiary/aromatic N) is 2. The third kappa shape index (κ3) is 3.03. The highest BCUT2D eigenvalue weighted by molar-refractivity contribution is 5.95. The van der Waals surface area contributed by atoms with Crippen LogP contribution in [-0.2, 0) is 6.54 Å². The van der Waals surface area contributed by atoms with Gasteiger partial charge in [0.2, 0.25) is 0 Å². The molecule has 0 bridgehead atoms. The van der Waals surface area contributed by atoms with E-state index in [2.05, 4.69) is 15.4 Å². The van der Waals surface area contributed by atoms with Crippen LogP contribution in [0, 0.1) is 6.92 Å². The molecule has 0 saturated heterocycles. The first kappa shape index (κ1) is 16.6. The van der Waals surface area contributed by atoms with E-state index in [0.717, 1.165) is 29.4 Å². The third-order valence-electron chi connectivity index (χ3n) is 5.23. The van der Waals surface area contributed by atoms with E-state index in [9.17, 15) is 9.59 Å². The number of para-hydroxylation sites is 1. The number of H-pyrrole nitrogens is 1. The lowest BCUT2D eigenvalue weighted by molar-refractivity contribution is 0.0950. The highest BCUT2D eigenvalue weighted by atomic mass is 16.2. The van der Waals surface area contributed by atoms with Crippen molar-refractivity contribution in [2.75, 3.05) is 0 Å². The summed E-state index contributed by atoms with van der Waals surface area (Å²) in [4.78, 5) is 27.6. The number of pyridine rings is 1. The van der Waals surface area contributed by atoms with Crippen molar-refractivity contribution in [1.29, 1.82) is 0 Å². The summed E-state index contributed by atoms with van der Waals surface area (Å²) in [5.74, 6) is -0.195. The van der Waals surface area contributed by atoms with Crippen molar-refractivity contribution in [3.8, 4) is 0 Å². The van der Waals surface area contributed by atoms with Crippen LogP contribution in [0.5, 0.6) is 0 Å². The number of amides is 1. The topological polar surface area (TPSA) is 79.8 Å². The highest BCUT2D eigenvalue weighted by Crippen LogP contribution is 2.30. The summed E-state index contributed by atoms with van der Waals surface area (Å²) in [5, 5.41) is 8.22. The van der Waals surface area contributed by atoms with Gasteiger partial charge in [-0.1, -0.05) is 31.0 Å². The van der Waals surface area contributed by atoms with E-state index in [0.29, 0.717) is 17.2 Å². The second-order valence-electron chi connectivity index (χ2n) is 6.92. The number of fused-ring (bicyclic) bond motifs is 1. The van der Waals surface area contributed by atoms with Gasteiger partial charge in [0.15, 0.2) is 0 Å². The van der Waals surface area contributed by atoms with Gasteiger partial charge in [0.05, 0.1) is 17.8 Å². The Balaban J connectivity index is 1.51. The molecule has 26 heavy (non-hydrogen) atoms. The van der Waals surface area contributed by atoms with Crippen LogP contribution >= 0.6 is 0 Å². The number of rotatable bonds is 4. The Morgan fingerprint density at radius 1 is 1.31 bits per heavy atom. The number of aromatic nitrogens is 3. The Hall–Kier alpha value is -2.89. The number of carbonyl (C=O) groups excluding carboxylic acids is 1. The number of hydrogen-bond donors (Lipinski definition) is 2. The molecule has 1 aliphatic carbocycles. The first-order chi connectivity index (χ1) is 12.6. The van der Waals surface area contributed by atoms with Crippen molar-refractivity contribution in [3.05, 3.63) is 63.7 Å². The molecule has 0 spiro atoms. The molecule has 134 valence electrons. The second kappa shape index (κ2) is 6.78. The van der Waals surface area contributed by atoms with E-state index in [1.165, 1.54) is 12.8 Å². The molecule has 0 aliphatic heterocycles. The molecule has 2 aromatic heterocycles. The van der Waals surface area contributed by atoms with Gasteiger partial charge in [0.25, 0.3) is 11.5 Å². The fraction of sp³-hybridized carbons (Fsp3) is 0.350. The van der Waals surface area contributed by atoms with Gasteiger partial charge >= 0.3 is 0 Å². The molecule has 0 radical (unpaired) electrons. The summed E-state index contributed by atoms with van der Waals surface area (Å²) >= 11 is 0. The number of nitrogens with one attached hydrogen (secondary N) is 2. The Kier molecular flexibility index (Phi) is 4.32. The smallest absolute Gasteiger partial charge is 0.255 e. The molecule has 0 atom stereocenters. The van der Waals surface area contributed by atoms with E-state index in [1.807, 2.05) is 41.9 Å². The number of benzene rings is 1. The van der Waals surface area contributed by atoms with Crippen molar-refractivity contribution >= 4 is 16.8 Å². The van der Waals surface area contributed by atoms with E-state index in [4.69, 9.17) is 0 Å². The minimum Gasteiger partial charge on any atom is -0.348 e. The first-order valence-corrected chi connectivity index (χ1v) is 9.07. The van der Waals surface area contributed by atoms with Crippen LogP contribution in [0.15, 0.2) is 41.3 Å². The predicted molar refractivity (Wildman–Crippen MR) is 100 cm³/mol. The lowest BCUT2D eigenvalue weighted by Crippen LogP contribution is -2.27. The quantitative estimate of drug-likeness (QED) is 0.759. The third-order valence-corrected chi connectivity index (χ3v) is 5.23. The maximum Gasteiger partial charge on any atom is 0.255 e. The van der Waals surface area contributed by atoms with Crippen LogP contribution in [0.4, 0.5) is 0 Å². The summed E-state index contributed by atoms with van der Waals surface area (Å²) in [5.41, 5.74) is 2.62. The summed E-state index contributed by atoms with van der Waals surface area (Å²) < 4.78 is 1.98. The SMILES string of the molecule is Cc1c(C(=O)NCc2cc3ccccc3[nH]c2=O)cnn1C1CCCC1. The Morgan fingerprint density at radius 2 is 2.08 bits per heavy atom. The Morgan fingerprint density at radius 3 is 2.88 bits per heavy atom. The molecule has 2 heterocycles. The molecule has 4 rings (SSSR count). The molecule has 1 amide bonds. The van der Waals surface area contributed by atoms with Crippen LogP contribution in [0.3, 0.4) is 0 Å². The average Bonchev–Trinajstić information content (AvgIpc) is 3.29. The van der Waals surface area contributed by atoms with Crippen molar-refractivity contribution in [3.63, 3.8) is 0 Å². The van der Waals surface area contributed by atoms with E-state index >= 15 is 0 Å². The van der Waals surface area contributed by atoms with Gasteiger partial charge in [0, 0.05) is 23.3 Å². The van der Waals surface area contributed by atoms with Crippen molar-refractivity contribution in [1.82, 2.24) is 20.1 Å². The standard InChI is InChI=1S/C20H22N4O2/c1-13-17(12-22-24(13)16-7-3-4-8-16)20(26)21-11-15-10-14-6-2-5-9-18(14)23-19(15)25/h2,5-6,9-10,12,16H,3-4,7-8,11H2,1H3,(H,21,26)(H,23,25). The number of hydrogen-bond acceptors (Lipinski definition) is 3. The van der Waals surface area contributed by atoms with Crippen molar-refractivity contribution < 1.29 is 4.79 Å². The summed E-state index contributed by atoms with van der Waals surface area (Å²) in [6.45, 7) is 2.12. The molecular formula is C20H22N4O2. The average molecular weight is 350 g/mol. The van der Waals surface area contributed by atoms with E-state index in [-0.39, 0.29) is 18.0 Å². The van der Waals surface area contributed by atoms with Crippen LogP contribution in [-0.4, -0.2) is 20.7 Å². The van der Waals surface area contributed by atoms with E-state index < -0.39 is 0 Å². The van der Waals surface area contributed by atoms with Gasteiger partial charge in [-0.25, -0.2) is 0 Å². The van der Waals surface area contributed by atoms with Gasteiger partial charge in [-0.05, 0) is 37.3 Å². The molecule has 1 fully saturated rings. The van der Waals surface area contributed by atoms with Gasteiger partial charge in [0.1, 0.15) is 0 Å². The minimum atomic E-state index is -0.195. The normalized spacial score (nSPS) is 14.8. The van der Waals surface area contributed by atoms with Crippen molar-refractivity contribution in [2.24, 2.45) is 0 Å². The molecule has 1 aliphatic rings. The van der Waals surface area contributed by atoms with Crippen LogP contribution in [0.25, 0.3) is 10.9 Å². The molecule has 1 aromatic carbocycles. The second-order valence-corrected chi connectivity index (χ2v) is 6.92. The predicted octanol–water partition coefficient (Wildman–Crippen LogP) is 3.08. The zero-order valence-electron chi connectivity index (χ0n) is 14.8. The van der Waals surface area contributed by atoms with Crippen LogP contribution in [0.1, 0.15) is 53.3 Å². The molecular weight excluding hydrogens is 328 g/mol. The monoisotopic (exact) mass is 350 g/mol. The zero-order chi connectivity index (χ0) is 18.1. The number of aromatic amines is 1. The van der Waals surface area contributed by atoms with Crippen LogP contribution in [0.2, 0.25) is 0 Å². The number of carbonyl (C=O) groups is 1. The van der Waals surface area contributed by atoms with E-state index in [1.54, 1.807) is 6.20 Å². The first-order valence-electron chi connectivity index (χ1n) is 9.07. The van der Waals surface area contributed by atoms with Gasteiger partial charge in [-0.3, -0.25) is 14.3 Å². The largest absolute Gasteiger partial charge is 0.348 e. The van der Waals surface area contributed by atoms with Gasteiger partial charge in [-0.2, -0.15) is 5.10 Å². The maximum atomic E-state index is 12.6. The molecule has 6 nitrogen and oxygen atoms in total. The Bertz CT molecular complexity index is 1010. The molecule has 6 heteroatoms. The fourth-order valence-corrected chi connectivity index (χ4v) is 3.76. The lowest BCUT2D eigenvalue weighted by Gasteiger charge is -2.12. The van der Waals surface area contributed by atoms with Crippen molar-refractivity contribution in [2.45, 2.75) is 45.2 Å². The summed E-state index contributed by atoms with van der Waals surface area (Å²) in [6, 6.07) is 9.82. The molecule has 1 saturated carbocycles. The van der Waals surface area contributed by atoms with Crippen LogP contribution < -0.4 is 10.9 Å². The minimum absolute atomic E-state index is 0.178. The molecule has 2 N–H and O–H groups in total. The van der Waals surface area contributed by atoms with Gasteiger partial charge in [-0.15, -0.1) is 0 Å². The highest BCUT2D eigenvalue weighted by Gasteiger charge is 2.22. The summed E-state index contributed by atoms with van der Waals surface area (Å²) in [6.07, 6.45) is 6.31. The maximum absolute atomic E-state index is 12.6. The summed E-state index contributed by atoms with van der Waals surface area (Å²) in [7, 11) is 0. The Labute approximate surface area is 151 Å².